The maximum atomic E-state index is 11.5. The van der Waals surface area contributed by atoms with Crippen molar-refractivity contribution in [1.82, 2.24) is 9.55 Å². The molecule has 1 N–H and O–H groups in total. The zero-order chi connectivity index (χ0) is 14.0. The van der Waals surface area contributed by atoms with E-state index < -0.39 is 11.9 Å². The van der Waals surface area contributed by atoms with Gasteiger partial charge in [0.2, 0.25) is 0 Å². The van der Waals surface area contributed by atoms with Crippen molar-refractivity contribution in [3.05, 3.63) is 29.6 Å². The number of methoxy groups -OCH3 is 1. The molecule has 0 aliphatic heterocycles. The van der Waals surface area contributed by atoms with Gasteiger partial charge in [0.1, 0.15) is 12.4 Å². The standard InChI is InChI=1S/C13H14N2O4/c1-3-10-14-9-6-4-5-8(13(17)18)12(9)15(10)7-11(16)19-2/h4-6H,3,7H2,1-2H3,(H,17,18). The summed E-state index contributed by atoms with van der Waals surface area (Å²) in [6, 6.07) is 4.87. The number of carboxylic acids is 1. The number of aromatic carboxylic acids is 1. The van der Waals surface area contributed by atoms with Crippen LogP contribution >= 0.6 is 0 Å². The van der Waals surface area contributed by atoms with E-state index >= 15 is 0 Å². The van der Waals surface area contributed by atoms with E-state index in [4.69, 9.17) is 0 Å². The van der Waals surface area contributed by atoms with Crippen molar-refractivity contribution in [3.8, 4) is 0 Å². The minimum atomic E-state index is -1.04. The van der Waals surface area contributed by atoms with Crippen molar-refractivity contribution in [2.75, 3.05) is 7.11 Å². The first-order valence-corrected chi connectivity index (χ1v) is 5.86. The predicted molar refractivity (Wildman–Crippen MR) is 68.1 cm³/mol. The van der Waals surface area contributed by atoms with Crippen molar-refractivity contribution in [3.63, 3.8) is 0 Å². The van der Waals surface area contributed by atoms with Gasteiger partial charge in [0.15, 0.2) is 0 Å². The third kappa shape index (κ3) is 2.29. The van der Waals surface area contributed by atoms with Crippen LogP contribution in [-0.2, 0) is 22.5 Å². The highest BCUT2D eigenvalue weighted by Crippen LogP contribution is 2.21. The number of aryl methyl sites for hydroxylation is 1. The molecule has 6 heteroatoms. The Morgan fingerprint density at radius 2 is 2.16 bits per heavy atom. The normalized spacial score (nSPS) is 10.6. The Hall–Kier alpha value is -2.37. The molecule has 0 spiro atoms. The number of benzene rings is 1. The molecule has 19 heavy (non-hydrogen) atoms. The number of rotatable bonds is 4. The summed E-state index contributed by atoms with van der Waals surface area (Å²) in [4.78, 5) is 27.1. The first kappa shape index (κ1) is 13.1. The molecule has 0 fully saturated rings. The maximum absolute atomic E-state index is 11.5. The lowest BCUT2D eigenvalue weighted by Gasteiger charge is -2.07. The highest BCUT2D eigenvalue weighted by atomic mass is 16.5. The summed E-state index contributed by atoms with van der Waals surface area (Å²) < 4.78 is 6.24. The van der Waals surface area contributed by atoms with Gasteiger partial charge in [-0.3, -0.25) is 4.79 Å². The molecule has 0 aliphatic rings. The molecule has 0 amide bonds. The monoisotopic (exact) mass is 262 g/mol. The Labute approximate surface area is 109 Å². The number of esters is 1. The number of hydrogen-bond acceptors (Lipinski definition) is 4. The highest BCUT2D eigenvalue weighted by Gasteiger charge is 2.18. The van der Waals surface area contributed by atoms with Crippen LogP contribution in [0.2, 0.25) is 0 Å². The van der Waals surface area contributed by atoms with Crippen molar-refractivity contribution in [1.29, 1.82) is 0 Å². The van der Waals surface area contributed by atoms with E-state index in [1.54, 1.807) is 16.7 Å². The van der Waals surface area contributed by atoms with E-state index in [1.165, 1.54) is 13.2 Å². The van der Waals surface area contributed by atoms with Gasteiger partial charge in [0.05, 0.1) is 23.7 Å². The Kier molecular flexibility index (Phi) is 3.50. The Bertz CT molecular complexity index is 645. The van der Waals surface area contributed by atoms with Crippen LogP contribution in [0.3, 0.4) is 0 Å². The van der Waals surface area contributed by atoms with Crippen LogP contribution in [0.1, 0.15) is 23.1 Å². The molecule has 6 nitrogen and oxygen atoms in total. The van der Waals surface area contributed by atoms with E-state index in [2.05, 4.69) is 9.72 Å². The lowest BCUT2D eigenvalue weighted by atomic mass is 10.2. The molecule has 100 valence electrons. The molecular formula is C13H14N2O4. The fourth-order valence-electron chi connectivity index (χ4n) is 2.04. The minimum Gasteiger partial charge on any atom is -0.478 e. The molecule has 2 aromatic rings. The van der Waals surface area contributed by atoms with Crippen LogP contribution in [0.25, 0.3) is 11.0 Å². The number of carboxylic acid groups (broad SMARTS) is 1. The van der Waals surface area contributed by atoms with Crippen molar-refractivity contribution < 1.29 is 19.4 Å². The van der Waals surface area contributed by atoms with Gasteiger partial charge in [-0.25, -0.2) is 9.78 Å². The summed E-state index contributed by atoms with van der Waals surface area (Å²) in [5.74, 6) is -0.817. The predicted octanol–water partition coefficient (Wildman–Crippen LogP) is 1.47. The Balaban J connectivity index is 2.70. The van der Waals surface area contributed by atoms with Crippen molar-refractivity contribution in [2.24, 2.45) is 0 Å². The van der Waals surface area contributed by atoms with E-state index in [0.29, 0.717) is 23.3 Å². The molecular weight excluding hydrogens is 248 g/mol. The second-order valence-corrected chi connectivity index (χ2v) is 4.02. The van der Waals surface area contributed by atoms with E-state index in [9.17, 15) is 14.7 Å². The van der Waals surface area contributed by atoms with Gasteiger partial charge in [-0.05, 0) is 12.1 Å². The molecule has 0 saturated heterocycles. The van der Waals surface area contributed by atoms with Crippen LogP contribution in [-0.4, -0.2) is 33.7 Å². The summed E-state index contributed by atoms with van der Waals surface area (Å²) in [6.07, 6.45) is 0.602. The summed E-state index contributed by atoms with van der Waals surface area (Å²) in [6.45, 7) is 1.86. The summed E-state index contributed by atoms with van der Waals surface area (Å²) >= 11 is 0. The van der Waals surface area contributed by atoms with Crippen LogP contribution in [0.4, 0.5) is 0 Å². The average Bonchev–Trinajstić information content (AvgIpc) is 2.76. The van der Waals surface area contributed by atoms with Gasteiger partial charge in [0, 0.05) is 6.42 Å². The number of carbonyl (C=O) groups is 2. The Morgan fingerprint density at radius 3 is 2.74 bits per heavy atom. The largest absolute Gasteiger partial charge is 0.478 e. The summed E-state index contributed by atoms with van der Waals surface area (Å²) in [7, 11) is 1.30. The molecule has 1 aromatic heterocycles. The second kappa shape index (κ2) is 5.09. The van der Waals surface area contributed by atoms with E-state index in [1.807, 2.05) is 6.92 Å². The van der Waals surface area contributed by atoms with Gasteiger partial charge in [-0.2, -0.15) is 0 Å². The van der Waals surface area contributed by atoms with Gasteiger partial charge in [-0.1, -0.05) is 13.0 Å². The topological polar surface area (TPSA) is 81.4 Å². The molecule has 0 saturated carbocycles. The first-order valence-electron chi connectivity index (χ1n) is 5.86. The Morgan fingerprint density at radius 1 is 1.42 bits per heavy atom. The second-order valence-electron chi connectivity index (χ2n) is 4.02. The van der Waals surface area contributed by atoms with Gasteiger partial charge >= 0.3 is 11.9 Å². The minimum absolute atomic E-state index is 0.0412. The van der Waals surface area contributed by atoms with Crippen LogP contribution in [0, 0.1) is 0 Å². The average molecular weight is 262 g/mol. The summed E-state index contributed by atoms with van der Waals surface area (Å²) in [5.41, 5.74) is 1.16. The van der Waals surface area contributed by atoms with E-state index in [0.717, 1.165) is 0 Å². The highest BCUT2D eigenvalue weighted by molar-refractivity contribution is 6.01. The molecule has 0 bridgehead atoms. The van der Waals surface area contributed by atoms with Crippen molar-refractivity contribution >= 4 is 23.0 Å². The smallest absolute Gasteiger partial charge is 0.337 e. The number of hydrogen-bond donors (Lipinski definition) is 1. The van der Waals surface area contributed by atoms with Crippen LogP contribution < -0.4 is 0 Å². The van der Waals surface area contributed by atoms with Crippen LogP contribution in [0.15, 0.2) is 18.2 Å². The van der Waals surface area contributed by atoms with Gasteiger partial charge < -0.3 is 14.4 Å². The SMILES string of the molecule is CCc1nc2cccc(C(=O)O)c2n1CC(=O)OC. The van der Waals surface area contributed by atoms with Gasteiger partial charge in [0.25, 0.3) is 0 Å². The third-order valence-electron chi connectivity index (χ3n) is 2.91. The number of imidazole rings is 1. The van der Waals surface area contributed by atoms with E-state index in [-0.39, 0.29) is 12.1 Å². The molecule has 0 unspecified atom stereocenters. The molecule has 0 radical (unpaired) electrons. The van der Waals surface area contributed by atoms with Crippen LogP contribution in [0.5, 0.6) is 0 Å². The molecule has 1 heterocycles. The number of ether oxygens (including phenoxy) is 1. The number of carbonyl (C=O) groups excluding carboxylic acids is 1. The molecule has 2 rings (SSSR count). The number of fused-ring (bicyclic) bond motifs is 1. The number of para-hydroxylation sites is 1. The first-order chi connectivity index (χ1) is 9.08. The quantitative estimate of drug-likeness (QED) is 0.844. The lowest BCUT2D eigenvalue weighted by Crippen LogP contribution is -2.15. The zero-order valence-electron chi connectivity index (χ0n) is 10.7. The third-order valence-corrected chi connectivity index (χ3v) is 2.91. The maximum Gasteiger partial charge on any atom is 0.337 e. The zero-order valence-corrected chi connectivity index (χ0v) is 10.7. The van der Waals surface area contributed by atoms with Gasteiger partial charge in [-0.15, -0.1) is 0 Å². The molecule has 0 atom stereocenters. The molecule has 1 aromatic carbocycles. The number of nitrogens with zero attached hydrogens (tertiary/aromatic N) is 2. The number of aromatic nitrogens is 2. The fourth-order valence-corrected chi connectivity index (χ4v) is 2.04. The summed E-state index contributed by atoms with van der Waals surface area (Å²) in [5, 5.41) is 9.22. The van der Waals surface area contributed by atoms with Crippen molar-refractivity contribution in [2.45, 2.75) is 19.9 Å². The lowest BCUT2D eigenvalue weighted by molar-refractivity contribution is -0.141. The fraction of sp³-hybridized carbons (Fsp3) is 0.308. The molecule has 0 aliphatic carbocycles.